The zero-order valence-corrected chi connectivity index (χ0v) is 14.2. The molecule has 0 unspecified atom stereocenters. The largest absolute Gasteiger partial charge is 0.320 e. The maximum absolute atomic E-state index is 12.5. The van der Waals surface area contributed by atoms with Crippen molar-refractivity contribution >= 4 is 11.6 Å². The summed E-state index contributed by atoms with van der Waals surface area (Å²) >= 11 is 6.13. The van der Waals surface area contributed by atoms with E-state index in [1.807, 2.05) is 50.2 Å². The zero-order chi connectivity index (χ0) is 17.3. The molecule has 0 radical (unpaired) electrons. The highest BCUT2D eigenvalue weighted by molar-refractivity contribution is 6.31. The van der Waals surface area contributed by atoms with E-state index < -0.39 is 11.1 Å². The molecule has 0 N–H and O–H groups in total. The van der Waals surface area contributed by atoms with Gasteiger partial charge in [0.25, 0.3) is 0 Å². The summed E-state index contributed by atoms with van der Waals surface area (Å²) < 4.78 is 2.76. The Kier molecular flexibility index (Phi) is 4.40. The molecule has 0 aliphatic heterocycles. The lowest BCUT2D eigenvalue weighted by Gasteiger charge is -2.11. The molecule has 0 saturated carbocycles. The first-order chi connectivity index (χ1) is 11.5. The van der Waals surface area contributed by atoms with Crippen LogP contribution in [0.4, 0.5) is 0 Å². The maximum Gasteiger partial charge on any atom is 0.320 e. The summed E-state index contributed by atoms with van der Waals surface area (Å²) in [4.78, 5) is 24.9. The van der Waals surface area contributed by atoms with Crippen LogP contribution in [0, 0.1) is 13.8 Å². The minimum atomic E-state index is -0.574. The summed E-state index contributed by atoms with van der Waals surface area (Å²) in [7, 11) is 0. The van der Waals surface area contributed by atoms with E-state index in [2.05, 4.69) is 0 Å². The summed E-state index contributed by atoms with van der Waals surface area (Å²) in [5.41, 5.74) is 2.42. The third kappa shape index (κ3) is 3.19. The highest BCUT2D eigenvalue weighted by Gasteiger charge is 2.09. The molecule has 0 bridgehead atoms. The molecule has 0 spiro atoms. The van der Waals surface area contributed by atoms with Crippen molar-refractivity contribution in [3.63, 3.8) is 0 Å². The summed E-state index contributed by atoms with van der Waals surface area (Å²) in [6.07, 6.45) is 3.24. The van der Waals surface area contributed by atoms with Gasteiger partial charge in [0.2, 0.25) is 0 Å². The van der Waals surface area contributed by atoms with Gasteiger partial charge < -0.3 is 4.57 Å². The monoisotopic (exact) mass is 340 g/mol. The number of benzene rings is 2. The van der Waals surface area contributed by atoms with Crippen LogP contribution >= 0.6 is 11.6 Å². The van der Waals surface area contributed by atoms with Crippen molar-refractivity contribution in [2.24, 2.45) is 0 Å². The van der Waals surface area contributed by atoms with Crippen molar-refractivity contribution in [1.29, 1.82) is 0 Å². The van der Waals surface area contributed by atoms with Gasteiger partial charge in [-0.15, -0.1) is 0 Å². The maximum atomic E-state index is 12.5. The molecular weight excluding hydrogens is 324 g/mol. The van der Waals surface area contributed by atoms with E-state index in [4.69, 9.17) is 11.6 Å². The normalized spacial score (nSPS) is 10.8. The van der Waals surface area contributed by atoms with Gasteiger partial charge in [0, 0.05) is 23.1 Å². The van der Waals surface area contributed by atoms with Gasteiger partial charge in [-0.2, -0.15) is 0 Å². The number of nitrogens with zero attached hydrogens (tertiary/aromatic N) is 2. The molecule has 0 fully saturated rings. The minimum absolute atomic E-state index is 0.265. The Morgan fingerprint density at radius 2 is 1.58 bits per heavy atom. The van der Waals surface area contributed by atoms with Crippen LogP contribution in [0.1, 0.15) is 16.7 Å². The Hall–Kier alpha value is -2.59. The van der Waals surface area contributed by atoms with Crippen LogP contribution in [-0.2, 0) is 6.54 Å². The smallest absolute Gasteiger partial charge is 0.305 e. The summed E-state index contributed by atoms with van der Waals surface area (Å²) in [5, 5.41) is 0.572. The van der Waals surface area contributed by atoms with E-state index in [1.165, 1.54) is 9.13 Å². The van der Waals surface area contributed by atoms with Gasteiger partial charge in [-0.1, -0.05) is 35.9 Å². The van der Waals surface area contributed by atoms with E-state index in [9.17, 15) is 9.59 Å². The lowest BCUT2D eigenvalue weighted by atomic mass is 10.1. The molecule has 0 amide bonds. The molecule has 0 aliphatic carbocycles. The van der Waals surface area contributed by atoms with Crippen LogP contribution < -0.4 is 11.1 Å². The van der Waals surface area contributed by atoms with Crippen molar-refractivity contribution in [3.8, 4) is 5.69 Å². The highest BCUT2D eigenvalue weighted by atomic mass is 35.5. The van der Waals surface area contributed by atoms with Gasteiger partial charge in [-0.25, -0.2) is 0 Å². The third-order valence-electron chi connectivity index (χ3n) is 3.84. The highest BCUT2D eigenvalue weighted by Crippen LogP contribution is 2.15. The zero-order valence-electron chi connectivity index (χ0n) is 13.5. The first-order valence-corrected chi connectivity index (χ1v) is 7.97. The molecule has 0 saturated heterocycles. The topological polar surface area (TPSA) is 44.0 Å². The molecule has 122 valence electrons. The standard InChI is InChI=1S/C19H17ClN2O2/c1-13-9-14(2)11-16(10-13)22-8-7-21(18(23)19(22)24)12-15-5-3-4-6-17(15)20/h3-11H,12H2,1-2H3. The molecular formula is C19H17ClN2O2. The Bertz CT molecular complexity index is 998. The summed E-state index contributed by atoms with van der Waals surface area (Å²) in [6, 6.07) is 13.1. The average Bonchev–Trinajstić information content (AvgIpc) is 2.53. The molecule has 4 nitrogen and oxygen atoms in total. The molecule has 1 aromatic heterocycles. The average molecular weight is 341 g/mol. The predicted octanol–water partition coefficient (Wildman–Crippen LogP) is 3.32. The van der Waals surface area contributed by atoms with E-state index in [0.717, 1.165) is 16.7 Å². The van der Waals surface area contributed by atoms with Gasteiger partial charge in [0.1, 0.15) is 0 Å². The van der Waals surface area contributed by atoms with Crippen LogP contribution in [0.25, 0.3) is 5.69 Å². The van der Waals surface area contributed by atoms with E-state index in [1.54, 1.807) is 18.5 Å². The Labute approximate surface area is 144 Å². The molecule has 3 rings (SSSR count). The number of hydrogen-bond acceptors (Lipinski definition) is 2. The molecule has 5 heteroatoms. The molecule has 1 heterocycles. The van der Waals surface area contributed by atoms with Crippen LogP contribution in [0.3, 0.4) is 0 Å². The van der Waals surface area contributed by atoms with Crippen LogP contribution in [0.2, 0.25) is 5.02 Å². The SMILES string of the molecule is Cc1cc(C)cc(-n2ccn(Cc3ccccc3Cl)c(=O)c2=O)c1. The predicted molar refractivity (Wildman–Crippen MR) is 96.3 cm³/mol. The first kappa shape index (κ1) is 16.3. The van der Waals surface area contributed by atoms with E-state index in [0.29, 0.717) is 10.7 Å². The van der Waals surface area contributed by atoms with Crippen molar-refractivity contribution in [3.05, 3.63) is 97.3 Å². The van der Waals surface area contributed by atoms with Gasteiger partial charge in [0.15, 0.2) is 0 Å². The van der Waals surface area contributed by atoms with Gasteiger partial charge in [-0.05, 0) is 48.7 Å². The number of aryl methyl sites for hydroxylation is 2. The number of rotatable bonds is 3. The summed E-state index contributed by atoms with van der Waals surface area (Å²) in [5.74, 6) is 0. The van der Waals surface area contributed by atoms with Crippen molar-refractivity contribution in [2.45, 2.75) is 20.4 Å². The number of halogens is 1. The number of aromatic nitrogens is 2. The second kappa shape index (κ2) is 6.49. The quantitative estimate of drug-likeness (QED) is 0.686. The minimum Gasteiger partial charge on any atom is -0.305 e. The fraction of sp³-hybridized carbons (Fsp3) is 0.158. The molecule has 24 heavy (non-hydrogen) atoms. The van der Waals surface area contributed by atoms with E-state index >= 15 is 0 Å². The third-order valence-corrected chi connectivity index (χ3v) is 4.21. The second-order valence-electron chi connectivity index (χ2n) is 5.84. The van der Waals surface area contributed by atoms with Gasteiger partial charge in [-0.3, -0.25) is 14.2 Å². The Balaban J connectivity index is 2.05. The lowest BCUT2D eigenvalue weighted by molar-refractivity contribution is 0.718. The van der Waals surface area contributed by atoms with Crippen molar-refractivity contribution in [2.75, 3.05) is 0 Å². The molecule has 0 atom stereocenters. The molecule has 0 aliphatic rings. The first-order valence-electron chi connectivity index (χ1n) is 7.60. The Morgan fingerprint density at radius 1 is 0.917 bits per heavy atom. The Morgan fingerprint density at radius 3 is 2.25 bits per heavy atom. The molecule has 2 aromatic carbocycles. The van der Waals surface area contributed by atoms with Crippen molar-refractivity contribution < 1.29 is 0 Å². The van der Waals surface area contributed by atoms with Gasteiger partial charge >= 0.3 is 11.1 Å². The lowest BCUT2D eigenvalue weighted by Crippen LogP contribution is -2.40. The van der Waals surface area contributed by atoms with Crippen LogP contribution in [0.15, 0.2) is 64.4 Å². The summed E-state index contributed by atoms with van der Waals surface area (Å²) in [6.45, 7) is 4.18. The second-order valence-corrected chi connectivity index (χ2v) is 6.25. The fourth-order valence-corrected chi connectivity index (χ4v) is 2.93. The number of hydrogen-bond donors (Lipinski definition) is 0. The van der Waals surface area contributed by atoms with Crippen LogP contribution in [-0.4, -0.2) is 9.13 Å². The van der Waals surface area contributed by atoms with Gasteiger partial charge in [0.05, 0.1) is 6.54 Å². The van der Waals surface area contributed by atoms with Crippen molar-refractivity contribution in [1.82, 2.24) is 9.13 Å². The fourth-order valence-electron chi connectivity index (χ4n) is 2.74. The van der Waals surface area contributed by atoms with E-state index in [-0.39, 0.29) is 6.54 Å². The van der Waals surface area contributed by atoms with Crippen LogP contribution in [0.5, 0.6) is 0 Å². The molecule has 3 aromatic rings.